The normalized spacial score (nSPS) is 11.6. The Morgan fingerprint density at radius 2 is 1.46 bits per heavy atom. The van der Waals surface area contributed by atoms with E-state index in [2.05, 4.69) is 15.6 Å². The number of hydrogen-bond donors (Lipinski definition) is 1. The van der Waals surface area contributed by atoms with E-state index >= 15 is 0 Å². The summed E-state index contributed by atoms with van der Waals surface area (Å²) >= 11 is 0. The van der Waals surface area contributed by atoms with Crippen molar-refractivity contribution < 1.29 is 9.59 Å². The van der Waals surface area contributed by atoms with Crippen LogP contribution in [0.3, 0.4) is 0 Å². The molecule has 1 unspecified atom stereocenters. The topological polar surface area (TPSA) is 83.4 Å². The second-order valence-electron chi connectivity index (χ2n) is 9.49. The maximum Gasteiger partial charge on any atom is 0.251 e. The van der Waals surface area contributed by atoms with Gasteiger partial charge in [0.05, 0.1) is 5.52 Å². The van der Waals surface area contributed by atoms with Gasteiger partial charge in [-0.3, -0.25) is 9.59 Å². The number of benzene rings is 4. The number of nitrogens with one attached hydrogen (secondary N) is 1. The third-order valence-electron chi connectivity index (χ3n) is 6.55. The summed E-state index contributed by atoms with van der Waals surface area (Å²) in [4.78, 5) is 31.5. The fraction of sp³-hybridized carbons (Fsp3) is 0.161. The Morgan fingerprint density at radius 1 is 0.821 bits per heavy atom. The van der Waals surface area contributed by atoms with Gasteiger partial charge in [-0.25, -0.2) is 4.68 Å². The summed E-state index contributed by atoms with van der Waals surface area (Å²) in [7, 11) is 3.93. The molecule has 8 heteroatoms. The maximum atomic E-state index is 14.0. The van der Waals surface area contributed by atoms with Crippen molar-refractivity contribution in [2.24, 2.45) is 0 Å². The Kier molecular flexibility index (Phi) is 7.63. The first-order chi connectivity index (χ1) is 19.0. The van der Waals surface area contributed by atoms with Gasteiger partial charge < -0.3 is 15.1 Å². The van der Waals surface area contributed by atoms with Crippen LogP contribution in [0.1, 0.15) is 17.2 Å². The lowest BCUT2D eigenvalue weighted by Crippen LogP contribution is -2.42. The number of aromatic nitrogens is 3. The van der Waals surface area contributed by atoms with Crippen LogP contribution in [-0.2, 0) is 22.7 Å². The molecule has 4 aromatic carbocycles. The number of amides is 2. The van der Waals surface area contributed by atoms with E-state index in [0.717, 1.165) is 16.8 Å². The zero-order valence-electron chi connectivity index (χ0n) is 21.9. The lowest BCUT2D eigenvalue weighted by atomic mass is 10.0. The van der Waals surface area contributed by atoms with Crippen LogP contribution in [0.5, 0.6) is 0 Å². The van der Waals surface area contributed by atoms with Crippen LogP contribution < -0.4 is 10.2 Å². The molecule has 0 radical (unpaired) electrons. The van der Waals surface area contributed by atoms with Gasteiger partial charge in [0.15, 0.2) is 0 Å². The Labute approximate surface area is 227 Å². The average molecular weight is 519 g/mol. The van der Waals surface area contributed by atoms with Gasteiger partial charge in [-0.2, -0.15) is 0 Å². The van der Waals surface area contributed by atoms with Crippen molar-refractivity contribution in [3.8, 4) is 0 Å². The van der Waals surface area contributed by atoms with Gasteiger partial charge >= 0.3 is 0 Å². The predicted molar refractivity (Wildman–Crippen MR) is 153 cm³/mol. The summed E-state index contributed by atoms with van der Waals surface area (Å²) in [5, 5.41) is 11.4. The SMILES string of the molecule is CN(C)c1ccc(NC(=O)C(c2ccccc2)N(Cc2ccccc2)C(=O)Cn2nnc3ccccc32)cc1. The fourth-order valence-corrected chi connectivity index (χ4v) is 4.52. The highest BCUT2D eigenvalue weighted by Gasteiger charge is 2.32. The maximum absolute atomic E-state index is 14.0. The van der Waals surface area contributed by atoms with Crippen molar-refractivity contribution in [3.05, 3.63) is 120 Å². The summed E-state index contributed by atoms with van der Waals surface area (Å²) < 4.78 is 1.58. The van der Waals surface area contributed by atoms with E-state index in [0.29, 0.717) is 16.8 Å². The lowest BCUT2D eigenvalue weighted by Gasteiger charge is -2.31. The van der Waals surface area contributed by atoms with Crippen LogP contribution in [-0.4, -0.2) is 45.8 Å². The number of carbonyl (C=O) groups is 2. The molecule has 39 heavy (non-hydrogen) atoms. The molecule has 0 saturated carbocycles. The van der Waals surface area contributed by atoms with Gasteiger partial charge in [0.2, 0.25) is 5.91 Å². The Hall–Kier alpha value is -4.98. The summed E-state index contributed by atoms with van der Waals surface area (Å²) in [6.45, 7) is 0.195. The first kappa shape index (κ1) is 25.7. The Bertz CT molecular complexity index is 1550. The zero-order chi connectivity index (χ0) is 27.2. The molecule has 0 saturated heterocycles. The van der Waals surface area contributed by atoms with Crippen molar-refractivity contribution in [1.29, 1.82) is 0 Å². The minimum atomic E-state index is -0.873. The van der Waals surface area contributed by atoms with E-state index in [4.69, 9.17) is 0 Å². The van der Waals surface area contributed by atoms with Crippen molar-refractivity contribution in [1.82, 2.24) is 19.9 Å². The largest absolute Gasteiger partial charge is 0.378 e. The minimum Gasteiger partial charge on any atom is -0.378 e. The molecular formula is C31H30N6O2. The number of fused-ring (bicyclic) bond motifs is 1. The van der Waals surface area contributed by atoms with Crippen LogP contribution in [0.2, 0.25) is 0 Å². The predicted octanol–water partition coefficient (Wildman–Crippen LogP) is 4.91. The first-order valence-electron chi connectivity index (χ1n) is 12.7. The number of nitrogens with zero attached hydrogens (tertiary/aromatic N) is 5. The number of para-hydroxylation sites is 1. The summed E-state index contributed by atoms with van der Waals surface area (Å²) in [6.07, 6.45) is 0. The molecule has 1 heterocycles. The molecule has 1 aromatic heterocycles. The van der Waals surface area contributed by atoms with E-state index in [-0.39, 0.29) is 24.9 Å². The van der Waals surface area contributed by atoms with Crippen LogP contribution in [0.4, 0.5) is 11.4 Å². The third kappa shape index (κ3) is 5.96. The van der Waals surface area contributed by atoms with Gasteiger partial charge in [0.25, 0.3) is 5.91 Å². The molecule has 8 nitrogen and oxygen atoms in total. The van der Waals surface area contributed by atoms with Gasteiger partial charge in [-0.15, -0.1) is 5.10 Å². The molecule has 1 atom stereocenters. The van der Waals surface area contributed by atoms with Crippen LogP contribution >= 0.6 is 0 Å². The highest BCUT2D eigenvalue weighted by Crippen LogP contribution is 2.27. The molecule has 196 valence electrons. The minimum absolute atomic E-state index is 0.0541. The van der Waals surface area contributed by atoms with Gasteiger partial charge in [0, 0.05) is 32.0 Å². The van der Waals surface area contributed by atoms with E-state index in [1.165, 1.54) is 0 Å². The smallest absolute Gasteiger partial charge is 0.251 e. The molecule has 0 fully saturated rings. The number of rotatable bonds is 9. The van der Waals surface area contributed by atoms with Crippen molar-refractivity contribution >= 4 is 34.2 Å². The lowest BCUT2D eigenvalue weighted by molar-refractivity contribution is -0.140. The monoisotopic (exact) mass is 518 g/mol. The number of hydrogen-bond acceptors (Lipinski definition) is 5. The molecule has 1 N–H and O–H groups in total. The van der Waals surface area contributed by atoms with Gasteiger partial charge in [-0.05, 0) is 47.5 Å². The second-order valence-corrected chi connectivity index (χ2v) is 9.49. The van der Waals surface area contributed by atoms with Gasteiger partial charge in [-0.1, -0.05) is 78.0 Å². The molecule has 0 aliphatic rings. The fourth-order valence-electron chi connectivity index (χ4n) is 4.52. The van der Waals surface area contributed by atoms with Crippen molar-refractivity contribution in [2.45, 2.75) is 19.1 Å². The van der Waals surface area contributed by atoms with Gasteiger partial charge in [0.1, 0.15) is 18.1 Å². The molecule has 5 aromatic rings. The summed E-state index contributed by atoms with van der Waals surface area (Å²) in [5.41, 5.74) is 4.77. The van der Waals surface area contributed by atoms with E-state index in [9.17, 15) is 9.59 Å². The Balaban J connectivity index is 1.50. The second kappa shape index (κ2) is 11.6. The molecule has 5 rings (SSSR count). The Morgan fingerprint density at radius 3 is 2.15 bits per heavy atom. The van der Waals surface area contributed by atoms with E-state index in [1.54, 1.807) is 9.58 Å². The zero-order valence-corrected chi connectivity index (χ0v) is 21.9. The standard InChI is InChI=1S/C31H30N6O2/c1-35(2)26-19-17-25(18-20-26)32-31(39)30(24-13-7-4-8-14-24)36(21-23-11-5-3-6-12-23)29(38)22-37-28-16-10-9-15-27(28)33-34-37/h3-20,30H,21-22H2,1-2H3,(H,32,39). The highest BCUT2D eigenvalue weighted by molar-refractivity contribution is 5.98. The molecule has 0 bridgehead atoms. The summed E-state index contributed by atoms with van der Waals surface area (Å²) in [6, 6.07) is 33.3. The highest BCUT2D eigenvalue weighted by atomic mass is 16.2. The van der Waals surface area contributed by atoms with Crippen LogP contribution in [0.25, 0.3) is 11.0 Å². The van der Waals surface area contributed by atoms with Crippen molar-refractivity contribution in [2.75, 3.05) is 24.3 Å². The summed E-state index contributed by atoms with van der Waals surface area (Å²) in [5.74, 6) is -0.548. The third-order valence-corrected chi connectivity index (χ3v) is 6.55. The van der Waals surface area contributed by atoms with Crippen molar-refractivity contribution in [3.63, 3.8) is 0 Å². The molecule has 0 aliphatic carbocycles. The van der Waals surface area contributed by atoms with Crippen LogP contribution in [0, 0.1) is 0 Å². The molecule has 2 amide bonds. The molecule has 0 spiro atoms. The van der Waals surface area contributed by atoms with E-state index in [1.807, 2.05) is 128 Å². The van der Waals surface area contributed by atoms with E-state index < -0.39 is 6.04 Å². The number of anilines is 2. The van der Waals surface area contributed by atoms with Crippen LogP contribution in [0.15, 0.2) is 109 Å². The quantitative estimate of drug-likeness (QED) is 0.300. The molecular weight excluding hydrogens is 488 g/mol. The molecule has 0 aliphatic heterocycles. The number of carbonyl (C=O) groups excluding carboxylic acids is 2. The first-order valence-corrected chi connectivity index (χ1v) is 12.7. The average Bonchev–Trinajstić information content (AvgIpc) is 3.36.